The van der Waals surface area contributed by atoms with Crippen molar-refractivity contribution in [2.24, 2.45) is 0 Å². The Morgan fingerprint density at radius 2 is 1.60 bits per heavy atom. The molecule has 2 atom stereocenters. The Balaban J connectivity index is 0.000000267. The minimum atomic E-state index is -0.849. The summed E-state index contributed by atoms with van der Waals surface area (Å²) in [6.45, 7) is 3.87. The van der Waals surface area contributed by atoms with E-state index in [1.807, 2.05) is 83.4 Å². The van der Waals surface area contributed by atoms with Crippen LogP contribution in [0, 0.1) is 0 Å². The second kappa shape index (κ2) is 17.5. The summed E-state index contributed by atoms with van der Waals surface area (Å²) in [4.78, 5) is 70.0. The van der Waals surface area contributed by atoms with Gasteiger partial charge in [-0.15, -0.1) is 0 Å². The van der Waals surface area contributed by atoms with Crippen LogP contribution in [0.15, 0.2) is 97.3 Å². The van der Waals surface area contributed by atoms with Crippen molar-refractivity contribution in [3.8, 4) is 10.4 Å². The van der Waals surface area contributed by atoms with Gasteiger partial charge in [0, 0.05) is 38.4 Å². The molecule has 3 aromatic carbocycles. The van der Waals surface area contributed by atoms with Crippen molar-refractivity contribution < 1.29 is 28.7 Å². The maximum Gasteiger partial charge on any atom is 0.410 e. The van der Waals surface area contributed by atoms with Crippen molar-refractivity contribution in [1.82, 2.24) is 24.5 Å². The predicted octanol–water partition coefficient (Wildman–Crippen LogP) is 5.86. The second-order valence-corrected chi connectivity index (χ2v) is 13.7. The Morgan fingerprint density at radius 1 is 0.906 bits per heavy atom. The van der Waals surface area contributed by atoms with Gasteiger partial charge in [-0.05, 0) is 54.5 Å². The van der Waals surface area contributed by atoms with Crippen LogP contribution in [0.4, 0.5) is 16.3 Å². The van der Waals surface area contributed by atoms with Crippen molar-refractivity contribution >= 4 is 58.0 Å². The first-order valence-corrected chi connectivity index (χ1v) is 18.3. The fourth-order valence-electron chi connectivity index (χ4n) is 6.32. The Kier molecular flexibility index (Phi) is 12.1. The van der Waals surface area contributed by atoms with Gasteiger partial charge in [-0.25, -0.2) is 9.78 Å². The standard InChI is InChI=1S/C27H26N6O4S.C12H15NO2/c1-17(35)29-24(19-6-3-2-4-7-19)26(37)33-13-5-8-21(33)25(36)30-20-11-9-18(10-12-20)22-14-32-15-23(28-16-34)31-27(32)38-22;14-12(13-8-4-5-9-13)15-10-11-6-2-1-3-7-11/h2-4,6-7,9-12,14-16,21,24H,5,8,13H2,1H3,(H,28,34)(H,29,35)(H,30,36);1-3,6-7H,4-5,8-10H2/t21-,24?;/m0./s1. The van der Waals surface area contributed by atoms with Crippen molar-refractivity contribution in [3.05, 3.63) is 108 Å². The number of benzene rings is 3. The topological polar surface area (TPSA) is 154 Å². The van der Waals surface area contributed by atoms with Gasteiger partial charge in [-0.2, -0.15) is 0 Å². The molecule has 1 unspecified atom stereocenters. The number of nitrogens with one attached hydrogen (secondary N) is 3. The summed E-state index contributed by atoms with van der Waals surface area (Å²) in [6, 6.07) is 24.8. The first-order valence-electron chi connectivity index (χ1n) is 17.5. The zero-order chi connectivity index (χ0) is 37.2. The molecule has 2 aliphatic rings. The summed E-state index contributed by atoms with van der Waals surface area (Å²) in [5, 5.41) is 8.20. The maximum atomic E-state index is 13.5. The normalized spacial score (nSPS) is 15.6. The fraction of sp³-hybridized carbons (Fsp3) is 0.282. The zero-order valence-electron chi connectivity index (χ0n) is 29.3. The van der Waals surface area contributed by atoms with Crippen LogP contribution in [-0.2, 0) is 30.5 Å². The van der Waals surface area contributed by atoms with Crippen LogP contribution in [0.2, 0.25) is 0 Å². The summed E-state index contributed by atoms with van der Waals surface area (Å²) >= 11 is 1.48. The lowest BCUT2D eigenvalue weighted by Crippen LogP contribution is -2.48. The van der Waals surface area contributed by atoms with E-state index in [1.54, 1.807) is 28.1 Å². The van der Waals surface area contributed by atoms with E-state index in [0.29, 0.717) is 49.5 Å². The van der Waals surface area contributed by atoms with Crippen molar-refractivity contribution in [1.29, 1.82) is 0 Å². The molecular weight excluding hydrogens is 695 g/mol. The Bertz CT molecular complexity index is 2000. The van der Waals surface area contributed by atoms with E-state index in [0.717, 1.165) is 46.9 Å². The van der Waals surface area contributed by atoms with Crippen LogP contribution in [0.3, 0.4) is 0 Å². The molecule has 2 fully saturated rings. The Labute approximate surface area is 311 Å². The summed E-state index contributed by atoms with van der Waals surface area (Å²) in [5.74, 6) is -0.385. The molecule has 0 spiro atoms. The maximum absolute atomic E-state index is 13.5. The summed E-state index contributed by atoms with van der Waals surface area (Å²) in [6.07, 6.45) is 7.52. The van der Waals surface area contributed by atoms with Crippen molar-refractivity contribution in [2.75, 3.05) is 30.3 Å². The molecule has 2 aromatic heterocycles. The highest BCUT2D eigenvalue weighted by molar-refractivity contribution is 7.20. The Morgan fingerprint density at radius 3 is 2.26 bits per heavy atom. The average molecular weight is 736 g/mol. The summed E-state index contributed by atoms with van der Waals surface area (Å²) in [5.41, 5.74) is 3.29. The number of nitrogens with zero attached hydrogens (tertiary/aromatic N) is 4. The molecule has 274 valence electrons. The molecule has 7 rings (SSSR count). The number of hydrogen-bond donors (Lipinski definition) is 3. The van der Waals surface area contributed by atoms with Gasteiger partial charge >= 0.3 is 6.09 Å². The number of amides is 5. The monoisotopic (exact) mass is 735 g/mol. The van der Waals surface area contributed by atoms with Crippen LogP contribution < -0.4 is 16.0 Å². The molecule has 5 aromatic rings. The van der Waals surface area contributed by atoms with E-state index in [1.165, 1.54) is 18.3 Å². The fourth-order valence-corrected chi connectivity index (χ4v) is 7.29. The Hall–Kier alpha value is -6.02. The number of imidazole rings is 1. The van der Waals surface area contributed by atoms with Crippen LogP contribution in [-0.4, -0.2) is 75.1 Å². The number of anilines is 2. The minimum Gasteiger partial charge on any atom is -0.445 e. The van der Waals surface area contributed by atoms with Gasteiger partial charge in [0.1, 0.15) is 18.7 Å². The van der Waals surface area contributed by atoms with Gasteiger partial charge in [-0.3, -0.25) is 23.6 Å². The lowest BCUT2D eigenvalue weighted by atomic mass is 10.0. The number of carbonyl (C=O) groups is 5. The molecule has 5 amide bonds. The molecule has 53 heavy (non-hydrogen) atoms. The molecule has 0 bridgehead atoms. The highest BCUT2D eigenvalue weighted by Gasteiger charge is 2.38. The minimum absolute atomic E-state index is 0.184. The highest BCUT2D eigenvalue weighted by atomic mass is 32.1. The number of fused-ring (bicyclic) bond motifs is 1. The molecule has 2 saturated heterocycles. The van der Waals surface area contributed by atoms with E-state index in [2.05, 4.69) is 20.9 Å². The van der Waals surface area contributed by atoms with Crippen LogP contribution in [0.1, 0.15) is 49.8 Å². The lowest BCUT2D eigenvalue weighted by Gasteiger charge is -2.28. The van der Waals surface area contributed by atoms with Gasteiger partial charge in [-0.1, -0.05) is 84.1 Å². The molecule has 13 nitrogen and oxygen atoms in total. The van der Waals surface area contributed by atoms with Crippen LogP contribution in [0.5, 0.6) is 0 Å². The van der Waals surface area contributed by atoms with E-state index >= 15 is 0 Å². The number of thiazole rings is 1. The number of rotatable bonds is 10. The molecule has 0 saturated carbocycles. The average Bonchev–Trinajstić information content (AvgIpc) is 4.00. The largest absolute Gasteiger partial charge is 0.445 e. The summed E-state index contributed by atoms with van der Waals surface area (Å²) in [7, 11) is 0. The second-order valence-electron chi connectivity index (χ2n) is 12.7. The third-order valence-electron chi connectivity index (χ3n) is 8.94. The number of aromatic nitrogens is 2. The van der Waals surface area contributed by atoms with Gasteiger partial charge in [0.2, 0.25) is 24.1 Å². The highest BCUT2D eigenvalue weighted by Crippen LogP contribution is 2.31. The van der Waals surface area contributed by atoms with Crippen LogP contribution in [0.25, 0.3) is 15.4 Å². The van der Waals surface area contributed by atoms with Gasteiger partial charge in [0.05, 0.1) is 11.1 Å². The first kappa shape index (κ1) is 36.8. The predicted molar refractivity (Wildman–Crippen MR) is 202 cm³/mol. The molecular formula is C39H41N7O6S. The molecule has 4 heterocycles. The molecule has 2 aliphatic heterocycles. The molecule has 14 heteroatoms. The van der Waals surface area contributed by atoms with E-state index < -0.39 is 12.1 Å². The SMILES string of the molecule is CC(=O)NC(C(=O)N1CCC[C@H]1C(=O)Nc1ccc(-c2cn3cc(NC=O)nc3s2)cc1)c1ccccc1.O=C(OCc1ccccc1)N1CCCC1. The zero-order valence-corrected chi connectivity index (χ0v) is 30.1. The number of carbonyl (C=O) groups excluding carboxylic acids is 5. The van der Waals surface area contributed by atoms with Crippen LogP contribution >= 0.6 is 11.3 Å². The van der Waals surface area contributed by atoms with E-state index in [9.17, 15) is 24.0 Å². The first-order chi connectivity index (χ1) is 25.8. The third kappa shape index (κ3) is 9.46. The van der Waals surface area contributed by atoms with Crippen molar-refractivity contribution in [3.63, 3.8) is 0 Å². The number of ether oxygens (including phenoxy) is 1. The van der Waals surface area contributed by atoms with Gasteiger partial charge in [0.25, 0.3) is 0 Å². The molecule has 0 radical (unpaired) electrons. The quantitative estimate of drug-likeness (QED) is 0.152. The van der Waals surface area contributed by atoms with Gasteiger partial charge in [0.15, 0.2) is 10.8 Å². The smallest absolute Gasteiger partial charge is 0.410 e. The third-order valence-corrected chi connectivity index (χ3v) is 9.98. The number of hydrogen-bond acceptors (Lipinski definition) is 8. The van der Waals surface area contributed by atoms with Crippen molar-refractivity contribution in [2.45, 2.75) is 51.3 Å². The number of likely N-dealkylation sites (tertiary alicyclic amines) is 2. The lowest BCUT2D eigenvalue weighted by molar-refractivity contribution is -0.140. The molecule has 0 aliphatic carbocycles. The molecule has 3 N–H and O–H groups in total. The van der Waals surface area contributed by atoms with E-state index in [-0.39, 0.29) is 23.8 Å². The summed E-state index contributed by atoms with van der Waals surface area (Å²) < 4.78 is 7.04. The van der Waals surface area contributed by atoms with E-state index in [4.69, 9.17) is 4.74 Å². The van der Waals surface area contributed by atoms with Gasteiger partial charge < -0.3 is 30.5 Å².